The van der Waals surface area contributed by atoms with Gasteiger partial charge >= 0.3 is 0 Å². The van der Waals surface area contributed by atoms with Gasteiger partial charge in [-0.3, -0.25) is 9.59 Å². The van der Waals surface area contributed by atoms with Crippen LogP contribution in [0.1, 0.15) is 22.7 Å². The summed E-state index contributed by atoms with van der Waals surface area (Å²) in [6.07, 6.45) is 0.618. The lowest BCUT2D eigenvalue weighted by Gasteiger charge is -2.06. The number of nitrogens with one attached hydrogen (secondary N) is 2. The average Bonchev–Trinajstić information content (AvgIpc) is 2.88. The first-order valence-electron chi connectivity index (χ1n) is 7.90. The summed E-state index contributed by atoms with van der Waals surface area (Å²) in [4.78, 5) is 33.4. The summed E-state index contributed by atoms with van der Waals surface area (Å²) in [6.45, 7) is 3.90. The molecule has 25 heavy (non-hydrogen) atoms. The number of fused-ring (bicyclic) bond motifs is 1. The highest BCUT2D eigenvalue weighted by Gasteiger charge is 2.12. The highest BCUT2D eigenvalue weighted by molar-refractivity contribution is 7.18. The number of anilines is 1. The van der Waals surface area contributed by atoms with Crippen molar-refractivity contribution in [1.82, 2.24) is 9.97 Å². The Morgan fingerprint density at radius 2 is 2.00 bits per heavy atom. The fraction of sp³-hybridized carbons (Fsp3) is 0.278. The van der Waals surface area contributed by atoms with Crippen molar-refractivity contribution in [2.24, 2.45) is 0 Å². The Morgan fingerprint density at radius 3 is 2.68 bits per heavy atom. The zero-order valence-corrected chi connectivity index (χ0v) is 15.1. The van der Waals surface area contributed by atoms with E-state index in [9.17, 15) is 9.59 Å². The molecule has 6 nitrogen and oxygen atoms in total. The maximum atomic E-state index is 12.2. The quantitative estimate of drug-likeness (QED) is 0.734. The highest BCUT2D eigenvalue weighted by atomic mass is 32.1. The Hall–Kier alpha value is -2.67. The number of H-pyrrole nitrogens is 1. The number of aromatic amines is 1. The van der Waals surface area contributed by atoms with Gasteiger partial charge in [0.1, 0.15) is 16.4 Å². The van der Waals surface area contributed by atoms with E-state index in [1.54, 1.807) is 31.4 Å². The summed E-state index contributed by atoms with van der Waals surface area (Å²) in [6, 6.07) is 7.12. The van der Waals surface area contributed by atoms with Crippen LogP contribution in [0.5, 0.6) is 5.75 Å². The standard InChI is InChI=1S/C18H19N3O3S/c1-10-11(2)25-18-16(10)17(23)20-14(21-18)8-9-15(22)19-12-4-6-13(24-3)7-5-12/h4-7H,8-9H2,1-3H3,(H,19,22)(H,20,21,23). The number of benzene rings is 1. The molecule has 0 atom stereocenters. The number of aryl methyl sites for hydroxylation is 3. The van der Waals surface area contributed by atoms with Crippen molar-refractivity contribution in [2.45, 2.75) is 26.7 Å². The first-order valence-corrected chi connectivity index (χ1v) is 8.72. The van der Waals surface area contributed by atoms with Crippen molar-refractivity contribution in [3.8, 4) is 5.75 Å². The van der Waals surface area contributed by atoms with E-state index >= 15 is 0 Å². The number of carbonyl (C=O) groups excluding carboxylic acids is 1. The van der Waals surface area contributed by atoms with E-state index in [-0.39, 0.29) is 17.9 Å². The third-order valence-electron chi connectivity index (χ3n) is 4.05. The molecule has 3 rings (SSSR count). The van der Waals surface area contributed by atoms with Gasteiger partial charge in [0.25, 0.3) is 5.56 Å². The maximum absolute atomic E-state index is 12.2. The summed E-state index contributed by atoms with van der Waals surface area (Å²) in [5, 5.41) is 3.46. The summed E-state index contributed by atoms with van der Waals surface area (Å²) >= 11 is 1.50. The number of thiophene rings is 1. The van der Waals surface area contributed by atoms with Crippen molar-refractivity contribution in [3.63, 3.8) is 0 Å². The van der Waals surface area contributed by atoms with Crippen molar-refractivity contribution < 1.29 is 9.53 Å². The molecule has 3 aromatic rings. The van der Waals surface area contributed by atoms with Gasteiger partial charge in [-0.2, -0.15) is 0 Å². The third kappa shape index (κ3) is 3.71. The highest BCUT2D eigenvalue weighted by Crippen LogP contribution is 2.25. The monoisotopic (exact) mass is 357 g/mol. The number of amides is 1. The minimum absolute atomic E-state index is 0.133. The second kappa shape index (κ2) is 7.06. The molecule has 0 aliphatic carbocycles. The molecule has 0 fully saturated rings. The molecule has 130 valence electrons. The molecule has 0 radical (unpaired) electrons. The molecule has 2 heterocycles. The number of methoxy groups -OCH3 is 1. The molecule has 0 aliphatic heterocycles. The van der Waals surface area contributed by atoms with Crippen molar-refractivity contribution in [3.05, 3.63) is 50.9 Å². The summed E-state index contributed by atoms with van der Waals surface area (Å²) in [5.41, 5.74) is 1.53. The normalized spacial score (nSPS) is 10.8. The minimum Gasteiger partial charge on any atom is -0.497 e. The van der Waals surface area contributed by atoms with Crippen LogP contribution in [0.15, 0.2) is 29.1 Å². The van der Waals surface area contributed by atoms with Crippen LogP contribution in [0, 0.1) is 13.8 Å². The lowest BCUT2D eigenvalue weighted by atomic mass is 10.2. The molecule has 1 aromatic carbocycles. The van der Waals surface area contributed by atoms with Gasteiger partial charge in [-0.1, -0.05) is 0 Å². The Bertz CT molecular complexity index is 974. The Kier molecular flexibility index (Phi) is 4.85. The zero-order valence-electron chi connectivity index (χ0n) is 14.3. The first-order chi connectivity index (χ1) is 12.0. The van der Waals surface area contributed by atoms with Gasteiger partial charge in [-0.05, 0) is 43.7 Å². The van der Waals surface area contributed by atoms with Crippen LogP contribution < -0.4 is 15.6 Å². The average molecular weight is 357 g/mol. The van der Waals surface area contributed by atoms with Crippen LogP contribution in [0.25, 0.3) is 10.2 Å². The first kappa shape index (κ1) is 17.2. The molecule has 1 amide bonds. The number of ether oxygens (including phenoxy) is 1. The van der Waals surface area contributed by atoms with Gasteiger partial charge < -0.3 is 15.0 Å². The van der Waals surface area contributed by atoms with Crippen LogP contribution in [0.3, 0.4) is 0 Å². The second-order valence-corrected chi connectivity index (χ2v) is 6.96. The predicted octanol–water partition coefficient (Wildman–Crippen LogP) is 3.18. The molecule has 0 unspecified atom stereocenters. The molecular weight excluding hydrogens is 338 g/mol. The van der Waals surface area contributed by atoms with E-state index < -0.39 is 0 Å². The van der Waals surface area contributed by atoms with Gasteiger partial charge in [-0.25, -0.2) is 4.98 Å². The molecular formula is C18H19N3O3S. The Morgan fingerprint density at radius 1 is 1.28 bits per heavy atom. The lowest BCUT2D eigenvalue weighted by molar-refractivity contribution is -0.116. The third-order valence-corrected chi connectivity index (χ3v) is 5.15. The number of carbonyl (C=O) groups is 1. The van der Waals surface area contributed by atoms with E-state index in [1.165, 1.54) is 11.3 Å². The van der Waals surface area contributed by atoms with Gasteiger partial charge in [0.15, 0.2) is 0 Å². The molecule has 7 heteroatoms. The second-order valence-electron chi connectivity index (χ2n) is 5.75. The smallest absolute Gasteiger partial charge is 0.259 e. The largest absolute Gasteiger partial charge is 0.497 e. The van der Waals surface area contributed by atoms with Crippen LogP contribution in [-0.4, -0.2) is 23.0 Å². The van der Waals surface area contributed by atoms with Crippen LogP contribution in [0.2, 0.25) is 0 Å². The molecule has 0 aliphatic rings. The maximum Gasteiger partial charge on any atom is 0.259 e. The topological polar surface area (TPSA) is 84.1 Å². The van der Waals surface area contributed by atoms with Gasteiger partial charge in [-0.15, -0.1) is 11.3 Å². The molecule has 0 saturated heterocycles. The molecule has 0 saturated carbocycles. The number of rotatable bonds is 5. The summed E-state index contributed by atoms with van der Waals surface area (Å²) in [7, 11) is 1.59. The zero-order chi connectivity index (χ0) is 18.0. The minimum atomic E-state index is -0.141. The van der Waals surface area contributed by atoms with E-state index in [0.717, 1.165) is 21.0 Å². The molecule has 0 bridgehead atoms. The number of hydrogen-bond donors (Lipinski definition) is 2. The fourth-order valence-electron chi connectivity index (χ4n) is 2.55. The van der Waals surface area contributed by atoms with Gasteiger partial charge in [0, 0.05) is 23.4 Å². The fourth-order valence-corrected chi connectivity index (χ4v) is 3.60. The van der Waals surface area contributed by atoms with Gasteiger partial charge in [0.2, 0.25) is 5.91 Å². The number of hydrogen-bond acceptors (Lipinski definition) is 5. The molecule has 2 N–H and O–H groups in total. The SMILES string of the molecule is COc1ccc(NC(=O)CCc2nc3sc(C)c(C)c3c(=O)[nH]2)cc1. The lowest BCUT2D eigenvalue weighted by Crippen LogP contribution is -2.16. The van der Waals surface area contributed by atoms with E-state index in [2.05, 4.69) is 15.3 Å². The summed E-state index contributed by atoms with van der Waals surface area (Å²) < 4.78 is 5.08. The van der Waals surface area contributed by atoms with Crippen molar-refractivity contribution >= 4 is 33.1 Å². The van der Waals surface area contributed by atoms with E-state index in [0.29, 0.717) is 23.3 Å². The van der Waals surface area contributed by atoms with Gasteiger partial charge in [0.05, 0.1) is 12.5 Å². The Labute approximate surface area is 148 Å². The Balaban J connectivity index is 1.67. The number of nitrogens with zero attached hydrogens (tertiary/aromatic N) is 1. The van der Waals surface area contributed by atoms with Crippen molar-refractivity contribution in [1.29, 1.82) is 0 Å². The summed E-state index contributed by atoms with van der Waals surface area (Å²) in [5.74, 6) is 1.13. The van der Waals surface area contributed by atoms with E-state index in [4.69, 9.17) is 4.74 Å². The predicted molar refractivity (Wildman–Crippen MR) is 99.7 cm³/mol. The van der Waals surface area contributed by atoms with Crippen LogP contribution in [0.4, 0.5) is 5.69 Å². The van der Waals surface area contributed by atoms with Crippen LogP contribution in [-0.2, 0) is 11.2 Å². The number of aromatic nitrogens is 2. The molecule has 0 spiro atoms. The van der Waals surface area contributed by atoms with E-state index in [1.807, 2.05) is 13.8 Å². The molecule has 2 aromatic heterocycles. The van der Waals surface area contributed by atoms with Crippen LogP contribution >= 0.6 is 11.3 Å². The van der Waals surface area contributed by atoms with Crippen molar-refractivity contribution in [2.75, 3.05) is 12.4 Å².